The lowest BCUT2D eigenvalue weighted by molar-refractivity contribution is -0.146. The van der Waals surface area contributed by atoms with Crippen molar-refractivity contribution in [3.63, 3.8) is 0 Å². The van der Waals surface area contributed by atoms with Gasteiger partial charge < -0.3 is 16.0 Å². The summed E-state index contributed by atoms with van der Waals surface area (Å²) in [5, 5.41) is 2.64. The molecule has 0 spiro atoms. The lowest BCUT2D eigenvalue weighted by atomic mass is 9.90. The number of hydrogen-bond donors (Lipinski definition) is 2. The first kappa shape index (κ1) is 18.8. The molecule has 1 fully saturated rings. The van der Waals surface area contributed by atoms with Crippen LogP contribution in [0.1, 0.15) is 42.6 Å². The van der Waals surface area contributed by atoms with Crippen LogP contribution in [0.25, 0.3) is 0 Å². The van der Waals surface area contributed by atoms with Gasteiger partial charge in [-0.15, -0.1) is 0 Å². The fourth-order valence-electron chi connectivity index (χ4n) is 3.37. The number of piperidine rings is 1. The average molecular weight is 367 g/mol. The molecule has 3 N–H and O–H groups in total. The number of pyridine rings is 2. The Morgan fingerprint density at radius 3 is 2.63 bits per heavy atom. The number of rotatable bonds is 2. The molecular weight excluding hydrogens is 342 g/mol. The van der Waals surface area contributed by atoms with E-state index in [0.717, 1.165) is 29.7 Å². The molecule has 3 rings (SSSR count). The summed E-state index contributed by atoms with van der Waals surface area (Å²) in [6.07, 6.45) is 5.06. The maximum Gasteiger partial charge on any atom is 0.313 e. The zero-order valence-electron chi connectivity index (χ0n) is 15.9. The highest BCUT2D eigenvalue weighted by Gasteiger charge is 2.34. The van der Waals surface area contributed by atoms with Crippen LogP contribution in [0, 0.1) is 19.8 Å². The van der Waals surface area contributed by atoms with Gasteiger partial charge in [-0.05, 0) is 55.9 Å². The van der Waals surface area contributed by atoms with Gasteiger partial charge in [-0.2, -0.15) is 0 Å². The Labute approximate surface area is 159 Å². The molecule has 1 aliphatic heterocycles. The maximum atomic E-state index is 12.9. The molecule has 3 heterocycles. The van der Waals surface area contributed by atoms with Crippen molar-refractivity contribution in [3.05, 3.63) is 47.4 Å². The fourth-order valence-corrected chi connectivity index (χ4v) is 3.37. The van der Waals surface area contributed by atoms with E-state index in [1.807, 2.05) is 19.1 Å². The summed E-state index contributed by atoms with van der Waals surface area (Å²) < 4.78 is 0. The van der Waals surface area contributed by atoms with Crippen LogP contribution in [0.2, 0.25) is 0 Å². The number of carbonyl (C=O) groups is 2. The topological polar surface area (TPSA) is 101 Å². The minimum Gasteiger partial charge on any atom is -0.383 e. The molecule has 1 aliphatic rings. The van der Waals surface area contributed by atoms with Gasteiger partial charge in [0.25, 0.3) is 0 Å². The van der Waals surface area contributed by atoms with E-state index in [-0.39, 0.29) is 6.04 Å². The lowest BCUT2D eigenvalue weighted by Gasteiger charge is -2.38. The number of nitrogen functional groups attached to an aromatic ring is 1. The summed E-state index contributed by atoms with van der Waals surface area (Å²) in [4.78, 5) is 35.5. The van der Waals surface area contributed by atoms with Crippen LogP contribution in [-0.4, -0.2) is 33.2 Å². The molecule has 142 valence electrons. The van der Waals surface area contributed by atoms with E-state index in [1.54, 1.807) is 24.1 Å². The van der Waals surface area contributed by atoms with Crippen LogP contribution in [0.5, 0.6) is 0 Å². The Bertz CT molecular complexity index is 850. The second kappa shape index (κ2) is 7.73. The van der Waals surface area contributed by atoms with Crippen molar-refractivity contribution in [2.45, 2.75) is 39.7 Å². The zero-order chi connectivity index (χ0) is 19.6. The Morgan fingerprint density at radius 1 is 1.19 bits per heavy atom. The highest BCUT2D eigenvalue weighted by molar-refractivity contribution is 6.39. The molecule has 0 bridgehead atoms. The zero-order valence-corrected chi connectivity index (χ0v) is 15.9. The summed E-state index contributed by atoms with van der Waals surface area (Å²) in [6, 6.07) is 5.47. The molecule has 27 heavy (non-hydrogen) atoms. The Morgan fingerprint density at radius 2 is 1.96 bits per heavy atom. The second-order valence-electron chi connectivity index (χ2n) is 7.27. The molecule has 1 saturated heterocycles. The first-order chi connectivity index (χ1) is 12.8. The Balaban J connectivity index is 1.79. The van der Waals surface area contributed by atoms with Gasteiger partial charge in [-0.1, -0.05) is 13.0 Å². The Kier molecular flexibility index (Phi) is 5.39. The normalized spacial score (nSPS) is 19.6. The Hall–Kier alpha value is -2.96. The second-order valence-corrected chi connectivity index (χ2v) is 7.27. The number of nitrogens with zero attached hydrogens (tertiary/aromatic N) is 3. The van der Waals surface area contributed by atoms with Crippen LogP contribution in [0.3, 0.4) is 0 Å². The maximum absolute atomic E-state index is 12.9. The van der Waals surface area contributed by atoms with E-state index >= 15 is 0 Å². The van der Waals surface area contributed by atoms with E-state index < -0.39 is 11.8 Å². The van der Waals surface area contributed by atoms with E-state index in [0.29, 0.717) is 24.0 Å². The minimum absolute atomic E-state index is 0.140. The monoisotopic (exact) mass is 367 g/mol. The highest BCUT2D eigenvalue weighted by Crippen LogP contribution is 2.33. The first-order valence-corrected chi connectivity index (χ1v) is 9.11. The van der Waals surface area contributed by atoms with Gasteiger partial charge in [0.15, 0.2) is 0 Å². The predicted molar refractivity (Wildman–Crippen MR) is 104 cm³/mol. The highest BCUT2D eigenvalue weighted by atomic mass is 16.2. The van der Waals surface area contributed by atoms with E-state index in [4.69, 9.17) is 5.73 Å². The van der Waals surface area contributed by atoms with Crippen molar-refractivity contribution in [2.75, 3.05) is 17.6 Å². The quantitative estimate of drug-likeness (QED) is 0.795. The summed E-state index contributed by atoms with van der Waals surface area (Å²) in [5.41, 5.74) is 8.78. The number of carbonyl (C=O) groups excluding carboxylic acids is 2. The number of hydrogen-bond acceptors (Lipinski definition) is 5. The van der Waals surface area contributed by atoms with Crippen molar-refractivity contribution in [3.8, 4) is 0 Å². The van der Waals surface area contributed by atoms with E-state index in [2.05, 4.69) is 22.2 Å². The number of nitrogens with one attached hydrogen (secondary N) is 1. The molecule has 7 nitrogen and oxygen atoms in total. The van der Waals surface area contributed by atoms with Gasteiger partial charge in [-0.3, -0.25) is 14.6 Å². The number of aromatic nitrogens is 2. The first-order valence-electron chi connectivity index (χ1n) is 9.11. The molecule has 7 heteroatoms. The molecule has 2 aromatic rings. The molecule has 0 unspecified atom stereocenters. The molecule has 0 aliphatic carbocycles. The summed E-state index contributed by atoms with van der Waals surface area (Å²) in [6.45, 7) is 6.36. The SMILES string of the molecule is Cc1ccc([C@H]2CC[C@H](C)CN2C(=O)C(=O)Nc2cnc(N)c(C)c2)cn1. The van der Waals surface area contributed by atoms with Crippen molar-refractivity contribution >= 4 is 23.3 Å². The third-order valence-corrected chi connectivity index (χ3v) is 4.97. The smallest absolute Gasteiger partial charge is 0.313 e. The number of likely N-dealkylation sites (tertiary alicyclic amines) is 1. The number of nitrogens with two attached hydrogens (primary N) is 1. The van der Waals surface area contributed by atoms with Gasteiger partial charge in [0.2, 0.25) is 0 Å². The predicted octanol–water partition coefficient (Wildman–Crippen LogP) is 2.61. The van der Waals surface area contributed by atoms with Gasteiger partial charge in [0, 0.05) is 18.4 Å². The molecule has 2 aromatic heterocycles. The molecule has 2 atom stereocenters. The molecule has 0 aromatic carbocycles. The van der Waals surface area contributed by atoms with Crippen LogP contribution in [0.15, 0.2) is 30.6 Å². The lowest BCUT2D eigenvalue weighted by Crippen LogP contribution is -2.46. The number of aryl methyl sites for hydroxylation is 2. The third kappa shape index (κ3) is 4.24. The van der Waals surface area contributed by atoms with E-state index in [9.17, 15) is 9.59 Å². The fraction of sp³-hybridized carbons (Fsp3) is 0.400. The molecule has 0 radical (unpaired) electrons. The molecule has 0 saturated carbocycles. The third-order valence-electron chi connectivity index (χ3n) is 4.97. The van der Waals surface area contributed by atoms with Crippen LogP contribution < -0.4 is 11.1 Å². The van der Waals surface area contributed by atoms with E-state index in [1.165, 1.54) is 6.20 Å². The summed E-state index contributed by atoms with van der Waals surface area (Å²) >= 11 is 0. The van der Waals surface area contributed by atoms with Crippen molar-refractivity contribution in [1.82, 2.24) is 14.9 Å². The number of anilines is 2. The van der Waals surface area contributed by atoms with Crippen LogP contribution in [-0.2, 0) is 9.59 Å². The van der Waals surface area contributed by atoms with Gasteiger partial charge in [0.1, 0.15) is 5.82 Å². The molecular formula is C20H25N5O2. The molecule has 2 amide bonds. The standard InChI is InChI=1S/C20H25N5O2/c1-12-4-7-17(15-6-5-14(3)22-9-15)25(11-12)20(27)19(26)24-16-8-13(2)18(21)23-10-16/h5-6,8-10,12,17H,4,7,11H2,1-3H3,(H2,21,23)(H,24,26)/t12-,17+/m0/s1. The van der Waals surface area contributed by atoms with Crippen LogP contribution in [0.4, 0.5) is 11.5 Å². The van der Waals surface area contributed by atoms with Crippen LogP contribution >= 0.6 is 0 Å². The van der Waals surface area contributed by atoms with Crippen molar-refractivity contribution in [2.24, 2.45) is 5.92 Å². The average Bonchev–Trinajstić information content (AvgIpc) is 2.65. The van der Waals surface area contributed by atoms with Crippen molar-refractivity contribution < 1.29 is 9.59 Å². The van der Waals surface area contributed by atoms with Gasteiger partial charge in [0.05, 0.1) is 17.9 Å². The number of amides is 2. The minimum atomic E-state index is -0.667. The van der Waals surface area contributed by atoms with Gasteiger partial charge in [-0.25, -0.2) is 4.98 Å². The summed E-state index contributed by atoms with van der Waals surface area (Å²) in [7, 11) is 0. The largest absolute Gasteiger partial charge is 0.383 e. The summed E-state index contributed by atoms with van der Waals surface area (Å²) in [5.74, 6) is -0.463. The van der Waals surface area contributed by atoms with Crippen molar-refractivity contribution in [1.29, 1.82) is 0 Å². The van der Waals surface area contributed by atoms with Gasteiger partial charge >= 0.3 is 11.8 Å².